The Balaban J connectivity index is 2.45. The summed E-state index contributed by atoms with van der Waals surface area (Å²) in [5.74, 6) is 0.690. The fourth-order valence-corrected chi connectivity index (χ4v) is 2.59. The van der Waals surface area contributed by atoms with Gasteiger partial charge in [-0.2, -0.15) is 0 Å². The van der Waals surface area contributed by atoms with Crippen LogP contribution in [-0.2, 0) is 4.79 Å². The summed E-state index contributed by atoms with van der Waals surface area (Å²) >= 11 is 5.06. The third-order valence-corrected chi connectivity index (χ3v) is 3.79. The zero-order chi connectivity index (χ0) is 13.7. The van der Waals surface area contributed by atoms with Gasteiger partial charge in [0.05, 0.1) is 17.1 Å². The lowest BCUT2D eigenvalue weighted by Crippen LogP contribution is -2.50. The molecule has 1 aliphatic heterocycles. The number of nitrogens with one attached hydrogen (secondary N) is 1. The normalized spacial score (nSPS) is 22.1. The SMILES string of the molecule is CC(C)CCNC(=O)C(C)N1CCCC1C(N)=S. The predicted molar refractivity (Wildman–Crippen MR) is 78.4 cm³/mol. The second kappa shape index (κ2) is 7.04. The summed E-state index contributed by atoms with van der Waals surface area (Å²) in [5, 5.41) is 2.99. The van der Waals surface area contributed by atoms with Crippen molar-refractivity contribution in [3.05, 3.63) is 0 Å². The van der Waals surface area contributed by atoms with Gasteiger partial charge in [0.15, 0.2) is 0 Å². The number of hydrogen-bond acceptors (Lipinski definition) is 3. The lowest BCUT2D eigenvalue weighted by atomic mass is 10.1. The van der Waals surface area contributed by atoms with Crippen LogP contribution >= 0.6 is 12.2 Å². The molecule has 0 spiro atoms. The third kappa shape index (κ3) is 4.21. The van der Waals surface area contributed by atoms with E-state index in [2.05, 4.69) is 24.1 Å². The fourth-order valence-electron chi connectivity index (χ4n) is 2.34. The summed E-state index contributed by atoms with van der Waals surface area (Å²) in [6.07, 6.45) is 3.04. The zero-order valence-corrected chi connectivity index (χ0v) is 12.4. The smallest absolute Gasteiger partial charge is 0.237 e. The molecule has 104 valence electrons. The highest BCUT2D eigenvalue weighted by molar-refractivity contribution is 7.80. The van der Waals surface area contributed by atoms with Gasteiger partial charge in [-0.15, -0.1) is 0 Å². The van der Waals surface area contributed by atoms with Crippen LogP contribution in [0.1, 0.15) is 40.0 Å². The van der Waals surface area contributed by atoms with Crippen molar-refractivity contribution < 1.29 is 4.79 Å². The Kier molecular flexibility index (Phi) is 6.02. The van der Waals surface area contributed by atoms with Crippen LogP contribution in [0.15, 0.2) is 0 Å². The molecule has 4 nitrogen and oxygen atoms in total. The summed E-state index contributed by atoms with van der Waals surface area (Å²) < 4.78 is 0. The predicted octanol–water partition coefficient (Wildman–Crippen LogP) is 1.29. The number of likely N-dealkylation sites (tertiary alicyclic amines) is 1. The highest BCUT2D eigenvalue weighted by Crippen LogP contribution is 2.20. The van der Waals surface area contributed by atoms with E-state index in [0.29, 0.717) is 10.9 Å². The van der Waals surface area contributed by atoms with E-state index in [1.165, 1.54) is 0 Å². The number of thiocarbonyl (C=S) groups is 1. The Morgan fingerprint density at radius 2 is 2.17 bits per heavy atom. The van der Waals surface area contributed by atoms with Gasteiger partial charge in [0.25, 0.3) is 0 Å². The number of nitrogens with zero attached hydrogens (tertiary/aromatic N) is 1. The van der Waals surface area contributed by atoms with Crippen molar-refractivity contribution in [1.29, 1.82) is 0 Å². The molecule has 5 heteroatoms. The number of nitrogens with two attached hydrogens (primary N) is 1. The maximum Gasteiger partial charge on any atom is 0.237 e. The minimum Gasteiger partial charge on any atom is -0.392 e. The van der Waals surface area contributed by atoms with Crippen LogP contribution in [-0.4, -0.2) is 41.0 Å². The molecule has 0 aromatic heterocycles. The van der Waals surface area contributed by atoms with Crippen LogP contribution in [0.2, 0.25) is 0 Å². The van der Waals surface area contributed by atoms with E-state index in [-0.39, 0.29) is 18.0 Å². The molecular formula is C13H25N3OS. The van der Waals surface area contributed by atoms with Gasteiger partial charge in [0.1, 0.15) is 0 Å². The lowest BCUT2D eigenvalue weighted by molar-refractivity contribution is -0.125. The Bertz CT molecular complexity index is 307. The van der Waals surface area contributed by atoms with Crippen LogP contribution in [0.4, 0.5) is 0 Å². The molecule has 0 bridgehead atoms. The molecule has 3 N–H and O–H groups in total. The van der Waals surface area contributed by atoms with Gasteiger partial charge in [0, 0.05) is 6.54 Å². The van der Waals surface area contributed by atoms with Gasteiger partial charge >= 0.3 is 0 Å². The van der Waals surface area contributed by atoms with Gasteiger partial charge in [-0.05, 0) is 38.6 Å². The lowest BCUT2D eigenvalue weighted by Gasteiger charge is -2.29. The first-order valence-corrected chi connectivity index (χ1v) is 7.17. The van der Waals surface area contributed by atoms with E-state index in [4.69, 9.17) is 18.0 Å². The first kappa shape index (κ1) is 15.4. The fraction of sp³-hybridized carbons (Fsp3) is 0.846. The summed E-state index contributed by atoms with van der Waals surface area (Å²) in [7, 11) is 0. The number of carbonyl (C=O) groups excluding carboxylic acids is 1. The van der Waals surface area contributed by atoms with Gasteiger partial charge in [-0.25, -0.2) is 0 Å². The zero-order valence-electron chi connectivity index (χ0n) is 11.6. The molecule has 1 saturated heterocycles. The van der Waals surface area contributed by atoms with E-state index in [1.807, 2.05) is 6.92 Å². The molecule has 0 aromatic carbocycles. The molecule has 2 atom stereocenters. The first-order valence-electron chi connectivity index (χ1n) is 6.76. The number of hydrogen-bond donors (Lipinski definition) is 2. The number of carbonyl (C=O) groups is 1. The molecule has 1 aliphatic rings. The van der Waals surface area contributed by atoms with Crippen molar-refractivity contribution in [3.8, 4) is 0 Å². The van der Waals surface area contributed by atoms with Gasteiger partial charge in [-0.3, -0.25) is 9.69 Å². The van der Waals surface area contributed by atoms with Crippen molar-refractivity contribution in [2.24, 2.45) is 11.7 Å². The number of amides is 1. The van der Waals surface area contributed by atoms with E-state index in [1.54, 1.807) is 0 Å². The van der Waals surface area contributed by atoms with Gasteiger partial charge in [0.2, 0.25) is 5.91 Å². The first-order chi connectivity index (χ1) is 8.43. The molecular weight excluding hydrogens is 246 g/mol. The largest absolute Gasteiger partial charge is 0.392 e. The summed E-state index contributed by atoms with van der Waals surface area (Å²) in [6.45, 7) is 7.88. The molecule has 1 rings (SSSR count). The van der Waals surface area contributed by atoms with E-state index >= 15 is 0 Å². The average molecular weight is 271 g/mol. The molecule has 1 amide bonds. The molecule has 0 aliphatic carbocycles. The molecule has 1 fully saturated rings. The Morgan fingerprint density at radius 1 is 1.50 bits per heavy atom. The van der Waals surface area contributed by atoms with E-state index in [0.717, 1.165) is 32.4 Å². The molecule has 1 heterocycles. The topological polar surface area (TPSA) is 58.4 Å². The van der Waals surface area contributed by atoms with Crippen molar-refractivity contribution in [2.75, 3.05) is 13.1 Å². The van der Waals surface area contributed by atoms with Crippen LogP contribution in [0.5, 0.6) is 0 Å². The molecule has 0 radical (unpaired) electrons. The minimum absolute atomic E-state index is 0.0822. The van der Waals surface area contributed by atoms with Crippen molar-refractivity contribution in [2.45, 2.75) is 52.1 Å². The second-order valence-electron chi connectivity index (χ2n) is 5.45. The Morgan fingerprint density at radius 3 is 2.72 bits per heavy atom. The quantitative estimate of drug-likeness (QED) is 0.715. The maximum atomic E-state index is 12.0. The van der Waals surface area contributed by atoms with Crippen LogP contribution in [0, 0.1) is 5.92 Å². The minimum atomic E-state index is -0.147. The van der Waals surface area contributed by atoms with Gasteiger partial charge in [-0.1, -0.05) is 26.1 Å². The molecule has 0 saturated carbocycles. The maximum absolute atomic E-state index is 12.0. The standard InChI is InChI=1S/C13H25N3OS/c1-9(2)6-7-15-13(17)10(3)16-8-4-5-11(16)12(14)18/h9-11H,4-8H2,1-3H3,(H2,14,18)(H,15,17). The highest BCUT2D eigenvalue weighted by atomic mass is 32.1. The second-order valence-corrected chi connectivity index (χ2v) is 5.92. The summed E-state index contributed by atoms with van der Waals surface area (Å²) in [6, 6.07) is -0.0583. The Hall–Kier alpha value is -0.680. The summed E-state index contributed by atoms with van der Waals surface area (Å²) in [5.41, 5.74) is 5.72. The van der Waals surface area contributed by atoms with E-state index < -0.39 is 0 Å². The monoisotopic (exact) mass is 271 g/mol. The summed E-state index contributed by atoms with van der Waals surface area (Å²) in [4.78, 5) is 14.7. The van der Waals surface area contributed by atoms with Gasteiger partial charge < -0.3 is 11.1 Å². The van der Waals surface area contributed by atoms with Crippen LogP contribution < -0.4 is 11.1 Å². The van der Waals surface area contributed by atoms with Crippen molar-refractivity contribution >= 4 is 23.1 Å². The molecule has 2 unspecified atom stereocenters. The molecule has 0 aromatic rings. The Labute approximate surface area is 115 Å². The van der Waals surface area contributed by atoms with E-state index in [9.17, 15) is 4.79 Å². The highest BCUT2D eigenvalue weighted by Gasteiger charge is 2.33. The average Bonchev–Trinajstić information content (AvgIpc) is 2.76. The van der Waals surface area contributed by atoms with Crippen LogP contribution in [0.3, 0.4) is 0 Å². The molecule has 18 heavy (non-hydrogen) atoms. The van der Waals surface area contributed by atoms with Crippen molar-refractivity contribution in [1.82, 2.24) is 10.2 Å². The van der Waals surface area contributed by atoms with Crippen LogP contribution in [0.25, 0.3) is 0 Å². The van der Waals surface area contributed by atoms with Crippen molar-refractivity contribution in [3.63, 3.8) is 0 Å². The number of rotatable bonds is 6. The third-order valence-electron chi connectivity index (χ3n) is 3.52.